The fraction of sp³-hybridized carbons (Fsp3) is 0.533. The van der Waals surface area contributed by atoms with Crippen LogP contribution in [-0.4, -0.2) is 33.8 Å². The Bertz CT molecular complexity index is 506. The van der Waals surface area contributed by atoms with Crippen LogP contribution in [0.15, 0.2) is 18.3 Å². The zero-order valence-electron chi connectivity index (χ0n) is 12.2. The molecule has 1 aromatic heterocycles. The summed E-state index contributed by atoms with van der Waals surface area (Å²) in [6.07, 6.45) is 4.62. The molecule has 1 aliphatic rings. The van der Waals surface area contributed by atoms with E-state index in [0.29, 0.717) is 5.82 Å². The predicted molar refractivity (Wildman–Crippen MR) is 77.2 cm³/mol. The van der Waals surface area contributed by atoms with Gasteiger partial charge in [-0.25, -0.2) is 4.98 Å². The van der Waals surface area contributed by atoms with Crippen LogP contribution in [0.25, 0.3) is 0 Å². The van der Waals surface area contributed by atoms with Crippen LogP contribution in [0.4, 0.5) is 5.82 Å². The van der Waals surface area contributed by atoms with E-state index in [4.69, 9.17) is 0 Å². The smallest absolute Gasteiger partial charge is 0.315 e. The maximum absolute atomic E-state index is 12.3. The average molecular weight is 275 g/mol. The number of hydrogen-bond acceptors (Lipinski definition) is 3. The van der Waals surface area contributed by atoms with Gasteiger partial charge in [-0.3, -0.25) is 9.59 Å². The Balaban J connectivity index is 2.06. The number of amides is 2. The van der Waals surface area contributed by atoms with E-state index < -0.39 is 11.8 Å². The average Bonchev–Trinajstić information content (AvgIpc) is 2.38. The largest absolute Gasteiger partial charge is 0.329 e. The molecule has 0 aliphatic carbocycles. The molecule has 0 bridgehead atoms. The fourth-order valence-corrected chi connectivity index (χ4v) is 2.71. The molecule has 0 aromatic carbocycles. The third-order valence-corrected chi connectivity index (χ3v) is 3.78. The Labute approximate surface area is 119 Å². The molecular formula is C15H21N3O2. The number of likely N-dealkylation sites (tertiary alicyclic amines) is 1. The van der Waals surface area contributed by atoms with Crippen molar-refractivity contribution in [1.29, 1.82) is 0 Å². The molecular weight excluding hydrogens is 254 g/mol. The molecule has 1 aromatic rings. The van der Waals surface area contributed by atoms with Crippen molar-refractivity contribution in [2.24, 2.45) is 0 Å². The van der Waals surface area contributed by atoms with E-state index in [1.165, 1.54) is 0 Å². The molecule has 2 heterocycles. The van der Waals surface area contributed by atoms with Crippen molar-refractivity contribution in [2.45, 2.75) is 52.1 Å². The number of hydrogen-bond donors (Lipinski definition) is 1. The van der Waals surface area contributed by atoms with Crippen molar-refractivity contribution in [1.82, 2.24) is 9.88 Å². The van der Waals surface area contributed by atoms with Crippen LogP contribution in [0, 0.1) is 6.92 Å². The third kappa shape index (κ3) is 3.15. The Kier molecular flexibility index (Phi) is 4.37. The summed E-state index contributed by atoms with van der Waals surface area (Å²) in [5.74, 6) is -0.655. The van der Waals surface area contributed by atoms with E-state index in [1.54, 1.807) is 17.2 Å². The van der Waals surface area contributed by atoms with Gasteiger partial charge in [-0.1, -0.05) is 0 Å². The molecule has 0 spiro atoms. The van der Waals surface area contributed by atoms with Gasteiger partial charge < -0.3 is 10.2 Å². The van der Waals surface area contributed by atoms with Crippen LogP contribution >= 0.6 is 0 Å². The van der Waals surface area contributed by atoms with Gasteiger partial charge in [0, 0.05) is 18.3 Å². The summed E-state index contributed by atoms with van der Waals surface area (Å²) in [5, 5.41) is 2.58. The van der Waals surface area contributed by atoms with E-state index >= 15 is 0 Å². The molecule has 5 nitrogen and oxygen atoms in total. The molecule has 2 unspecified atom stereocenters. The highest BCUT2D eigenvalue weighted by molar-refractivity contribution is 6.39. The number of nitrogens with one attached hydrogen (secondary N) is 1. The van der Waals surface area contributed by atoms with Crippen LogP contribution < -0.4 is 5.32 Å². The first kappa shape index (κ1) is 14.5. The Morgan fingerprint density at radius 3 is 2.55 bits per heavy atom. The molecule has 2 atom stereocenters. The van der Waals surface area contributed by atoms with Gasteiger partial charge in [0.15, 0.2) is 0 Å². The lowest BCUT2D eigenvalue weighted by Crippen LogP contribution is -2.51. The highest BCUT2D eigenvalue weighted by atomic mass is 16.2. The lowest BCUT2D eigenvalue weighted by Gasteiger charge is -2.38. The van der Waals surface area contributed by atoms with Crippen LogP contribution in [0.3, 0.4) is 0 Å². The minimum Gasteiger partial charge on any atom is -0.329 e. The van der Waals surface area contributed by atoms with Gasteiger partial charge in [0.25, 0.3) is 0 Å². The van der Waals surface area contributed by atoms with E-state index in [0.717, 1.165) is 24.8 Å². The fourth-order valence-electron chi connectivity index (χ4n) is 2.71. The Morgan fingerprint density at radius 2 is 1.95 bits per heavy atom. The number of pyridine rings is 1. The van der Waals surface area contributed by atoms with Crippen molar-refractivity contribution in [3.8, 4) is 0 Å². The molecule has 1 fully saturated rings. The molecule has 5 heteroatoms. The van der Waals surface area contributed by atoms with Crippen LogP contribution in [0.5, 0.6) is 0 Å². The van der Waals surface area contributed by atoms with Gasteiger partial charge in [-0.05, 0) is 57.7 Å². The number of rotatable bonds is 1. The minimum absolute atomic E-state index is 0.113. The van der Waals surface area contributed by atoms with Gasteiger partial charge in [0.1, 0.15) is 5.82 Å². The van der Waals surface area contributed by atoms with E-state index in [-0.39, 0.29) is 12.1 Å². The van der Waals surface area contributed by atoms with E-state index in [2.05, 4.69) is 10.3 Å². The monoisotopic (exact) mass is 275 g/mol. The third-order valence-electron chi connectivity index (χ3n) is 3.78. The molecule has 1 aliphatic heterocycles. The lowest BCUT2D eigenvalue weighted by atomic mass is 9.97. The summed E-state index contributed by atoms with van der Waals surface area (Å²) >= 11 is 0. The van der Waals surface area contributed by atoms with Gasteiger partial charge >= 0.3 is 11.8 Å². The number of aryl methyl sites for hydroxylation is 1. The number of aromatic nitrogens is 1. The number of carbonyl (C=O) groups is 2. The van der Waals surface area contributed by atoms with Crippen molar-refractivity contribution in [3.63, 3.8) is 0 Å². The summed E-state index contributed by atoms with van der Waals surface area (Å²) in [7, 11) is 0. The normalized spacial score (nSPS) is 22.4. The predicted octanol–water partition coefficient (Wildman–Crippen LogP) is 2.12. The van der Waals surface area contributed by atoms with Gasteiger partial charge in [-0.2, -0.15) is 0 Å². The lowest BCUT2D eigenvalue weighted by molar-refractivity contribution is -0.147. The Morgan fingerprint density at radius 1 is 1.30 bits per heavy atom. The van der Waals surface area contributed by atoms with Crippen molar-refractivity contribution < 1.29 is 9.59 Å². The zero-order valence-corrected chi connectivity index (χ0v) is 12.2. The van der Waals surface area contributed by atoms with Crippen molar-refractivity contribution in [2.75, 3.05) is 5.32 Å². The zero-order chi connectivity index (χ0) is 14.7. The number of anilines is 1. The molecule has 1 N–H and O–H groups in total. The maximum Gasteiger partial charge on any atom is 0.315 e. The summed E-state index contributed by atoms with van der Waals surface area (Å²) < 4.78 is 0. The summed E-state index contributed by atoms with van der Waals surface area (Å²) in [6, 6.07) is 3.81. The van der Waals surface area contributed by atoms with E-state index in [9.17, 15) is 9.59 Å². The Hall–Kier alpha value is -1.91. The van der Waals surface area contributed by atoms with E-state index in [1.807, 2.05) is 26.8 Å². The van der Waals surface area contributed by atoms with Crippen LogP contribution in [0.2, 0.25) is 0 Å². The second-order valence-corrected chi connectivity index (χ2v) is 5.51. The highest BCUT2D eigenvalue weighted by Gasteiger charge is 2.32. The quantitative estimate of drug-likeness (QED) is 0.798. The standard InChI is InChI=1S/C15H21N3O2/c1-10-7-8-16-13(9-10)17-14(19)15(20)18-11(2)5-4-6-12(18)3/h7-9,11-12H,4-6H2,1-3H3,(H,16,17,19). The van der Waals surface area contributed by atoms with Gasteiger partial charge in [0.05, 0.1) is 0 Å². The second kappa shape index (κ2) is 6.03. The van der Waals surface area contributed by atoms with Crippen molar-refractivity contribution >= 4 is 17.6 Å². The van der Waals surface area contributed by atoms with Crippen LogP contribution in [-0.2, 0) is 9.59 Å². The summed E-state index contributed by atoms with van der Waals surface area (Å²) in [5.41, 5.74) is 0.988. The molecule has 20 heavy (non-hydrogen) atoms. The topological polar surface area (TPSA) is 62.3 Å². The number of nitrogens with zero attached hydrogens (tertiary/aromatic N) is 2. The summed E-state index contributed by atoms with van der Waals surface area (Å²) in [4.78, 5) is 30.1. The minimum atomic E-state index is -0.608. The molecule has 108 valence electrons. The molecule has 2 rings (SSSR count). The maximum atomic E-state index is 12.3. The molecule has 0 radical (unpaired) electrons. The summed E-state index contributed by atoms with van der Waals surface area (Å²) in [6.45, 7) is 5.89. The van der Waals surface area contributed by atoms with Crippen molar-refractivity contribution in [3.05, 3.63) is 23.9 Å². The highest BCUT2D eigenvalue weighted by Crippen LogP contribution is 2.22. The first-order valence-electron chi connectivity index (χ1n) is 7.05. The first-order chi connectivity index (χ1) is 9.49. The first-order valence-corrected chi connectivity index (χ1v) is 7.05. The molecule has 2 amide bonds. The number of carbonyl (C=O) groups excluding carboxylic acids is 2. The number of piperidine rings is 1. The SMILES string of the molecule is Cc1ccnc(NC(=O)C(=O)N2C(C)CCCC2C)c1. The second-order valence-electron chi connectivity index (χ2n) is 5.51. The van der Waals surface area contributed by atoms with Crippen LogP contribution in [0.1, 0.15) is 38.7 Å². The molecule has 0 saturated carbocycles. The van der Waals surface area contributed by atoms with Gasteiger partial charge in [-0.15, -0.1) is 0 Å². The molecule has 1 saturated heterocycles. The van der Waals surface area contributed by atoms with Gasteiger partial charge in [0.2, 0.25) is 0 Å².